The topological polar surface area (TPSA) is 0 Å². The predicted molar refractivity (Wildman–Crippen MR) is 62.2 cm³/mol. The van der Waals surface area contributed by atoms with E-state index in [9.17, 15) is 4.39 Å². The smallest absolute Gasteiger partial charge is 0.100 e. The van der Waals surface area contributed by atoms with Crippen LogP contribution in [-0.2, 0) is 0 Å². The molecule has 0 aromatic heterocycles. The maximum absolute atomic E-state index is 12.9. The molecule has 0 bridgehead atoms. The second kappa shape index (κ2) is 4.78. The van der Waals surface area contributed by atoms with E-state index in [1.165, 1.54) is 36.8 Å². The number of hydrogen-bond donors (Lipinski definition) is 0. The fourth-order valence-corrected chi connectivity index (χ4v) is 2.52. The second-order valence-electron chi connectivity index (χ2n) is 4.72. The van der Waals surface area contributed by atoms with Crippen molar-refractivity contribution in [3.63, 3.8) is 0 Å². The van der Waals surface area contributed by atoms with Gasteiger partial charge < -0.3 is 0 Å². The number of allylic oxidation sites excluding steroid dienone is 6. The van der Waals surface area contributed by atoms with Crippen molar-refractivity contribution < 1.29 is 4.39 Å². The predicted octanol–water partition coefficient (Wildman–Crippen LogP) is 4.70. The zero-order chi connectivity index (χ0) is 10.7. The van der Waals surface area contributed by atoms with Gasteiger partial charge in [0.25, 0.3) is 0 Å². The van der Waals surface area contributed by atoms with E-state index in [4.69, 9.17) is 0 Å². The van der Waals surface area contributed by atoms with Crippen LogP contribution in [0.25, 0.3) is 0 Å². The van der Waals surface area contributed by atoms with Gasteiger partial charge in [0.1, 0.15) is 5.83 Å². The third kappa shape index (κ3) is 2.80. The molecule has 2 aliphatic carbocycles. The average molecular weight is 206 g/mol. The first-order valence-corrected chi connectivity index (χ1v) is 5.96. The molecule has 2 aliphatic rings. The molecule has 82 valence electrons. The van der Waals surface area contributed by atoms with E-state index in [0.717, 1.165) is 6.42 Å². The van der Waals surface area contributed by atoms with Gasteiger partial charge in [0.15, 0.2) is 0 Å². The van der Waals surface area contributed by atoms with Crippen molar-refractivity contribution in [3.8, 4) is 0 Å². The SMILES string of the molecule is CC1=CCCC(C2=CC=C(F)CC2)CC1. The molecule has 0 amide bonds. The van der Waals surface area contributed by atoms with Gasteiger partial charge in [-0.2, -0.15) is 0 Å². The monoisotopic (exact) mass is 206 g/mol. The molecule has 2 rings (SSSR count). The minimum atomic E-state index is 0.0432. The molecule has 15 heavy (non-hydrogen) atoms. The van der Waals surface area contributed by atoms with Crippen molar-refractivity contribution in [2.45, 2.75) is 45.4 Å². The van der Waals surface area contributed by atoms with Gasteiger partial charge in [0, 0.05) is 6.42 Å². The highest BCUT2D eigenvalue weighted by Crippen LogP contribution is 2.33. The van der Waals surface area contributed by atoms with Crippen LogP contribution in [0, 0.1) is 5.92 Å². The average Bonchev–Trinajstić information content (AvgIpc) is 2.44. The largest absolute Gasteiger partial charge is 0.212 e. The lowest BCUT2D eigenvalue weighted by atomic mass is 9.86. The first kappa shape index (κ1) is 10.7. The normalized spacial score (nSPS) is 27.6. The molecule has 0 radical (unpaired) electrons. The molecule has 0 aromatic rings. The van der Waals surface area contributed by atoms with Gasteiger partial charge in [-0.25, -0.2) is 4.39 Å². The highest BCUT2D eigenvalue weighted by atomic mass is 19.1. The van der Waals surface area contributed by atoms with Gasteiger partial charge in [-0.05, 0) is 51.0 Å². The lowest BCUT2D eigenvalue weighted by Gasteiger charge is -2.20. The Hall–Kier alpha value is -0.850. The Bertz CT molecular complexity index is 320. The third-order valence-electron chi connectivity index (χ3n) is 3.55. The summed E-state index contributed by atoms with van der Waals surface area (Å²) in [6.07, 6.45) is 12.5. The maximum atomic E-state index is 12.9. The van der Waals surface area contributed by atoms with Gasteiger partial charge in [0.05, 0.1) is 0 Å². The van der Waals surface area contributed by atoms with Crippen LogP contribution in [0.15, 0.2) is 35.2 Å². The molecule has 0 spiro atoms. The Balaban J connectivity index is 2.00. The summed E-state index contributed by atoms with van der Waals surface area (Å²) < 4.78 is 12.9. The number of halogens is 1. The van der Waals surface area contributed by atoms with E-state index in [1.54, 1.807) is 6.08 Å². The standard InChI is InChI=1S/C14H19F/c1-11-3-2-4-12(6-5-11)13-7-9-14(15)10-8-13/h3,7,9,12H,2,4-6,8,10H2,1H3. The second-order valence-corrected chi connectivity index (χ2v) is 4.72. The molecule has 0 N–H and O–H groups in total. The summed E-state index contributed by atoms with van der Waals surface area (Å²) in [6.45, 7) is 2.22. The molecule has 1 atom stereocenters. The molecule has 0 nitrogen and oxygen atoms in total. The summed E-state index contributed by atoms with van der Waals surface area (Å²) in [5, 5.41) is 0. The summed E-state index contributed by atoms with van der Waals surface area (Å²) in [5.74, 6) is 0.740. The van der Waals surface area contributed by atoms with Crippen LogP contribution in [0.1, 0.15) is 45.4 Å². The quantitative estimate of drug-likeness (QED) is 0.546. The summed E-state index contributed by atoms with van der Waals surface area (Å²) in [4.78, 5) is 0. The lowest BCUT2D eigenvalue weighted by Crippen LogP contribution is -2.05. The van der Waals surface area contributed by atoms with Gasteiger partial charge >= 0.3 is 0 Å². The fraction of sp³-hybridized carbons (Fsp3) is 0.571. The Morgan fingerprint density at radius 3 is 2.73 bits per heavy atom. The van der Waals surface area contributed by atoms with E-state index in [-0.39, 0.29) is 5.83 Å². The molecule has 1 unspecified atom stereocenters. The number of hydrogen-bond acceptors (Lipinski definition) is 0. The number of rotatable bonds is 1. The van der Waals surface area contributed by atoms with Crippen molar-refractivity contribution in [1.82, 2.24) is 0 Å². The molecular weight excluding hydrogens is 187 g/mol. The summed E-state index contributed by atoms with van der Waals surface area (Å²) in [6, 6.07) is 0. The summed E-state index contributed by atoms with van der Waals surface area (Å²) in [7, 11) is 0. The van der Waals surface area contributed by atoms with Crippen molar-refractivity contribution in [1.29, 1.82) is 0 Å². The first-order chi connectivity index (χ1) is 7.25. The Morgan fingerprint density at radius 2 is 2.00 bits per heavy atom. The van der Waals surface area contributed by atoms with Crippen molar-refractivity contribution in [2.24, 2.45) is 5.92 Å². The minimum Gasteiger partial charge on any atom is -0.212 e. The first-order valence-electron chi connectivity index (χ1n) is 5.96. The van der Waals surface area contributed by atoms with E-state index in [1.807, 2.05) is 6.08 Å². The summed E-state index contributed by atoms with van der Waals surface area (Å²) in [5.41, 5.74) is 3.00. The Kier molecular flexibility index (Phi) is 3.40. The van der Waals surface area contributed by atoms with Crippen molar-refractivity contribution in [2.75, 3.05) is 0 Å². The summed E-state index contributed by atoms with van der Waals surface area (Å²) >= 11 is 0. The highest BCUT2D eigenvalue weighted by Gasteiger charge is 2.17. The van der Waals surface area contributed by atoms with Gasteiger partial charge in [0.2, 0.25) is 0 Å². The van der Waals surface area contributed by atoms with E-state index in [2.05, 4.69) is 13.0 Å². The minimum absolute atomic E-state index is 0.0432. The zero-order valence-corrected chi connectivity index (χ0v) is 9.43. The van der Waals surface area contributed by atoms with Crippen LogP contribution in [0.4, 0.5) is 4.39 Å². The Morgan fingerprint density at radius 1 is 1.13 bits per heavy atom. The zero-order valence-electron chi connectivity index (χ0n) is 9.43. The highest BCUT2D eigenvalue weighted by molar-refractivity contribution is 5.23. The van der Waals surface area contributed by atoms with Crippen LogP contribution < -0.4 is 0 Å². The molecule has 0 saturated carbocycles. The molecule has 0 aromatic carbocycles. The molecular formula is C14H19F. The van der Waals surface area contributed by atoms with E-state index >= 15 is 0 Å². The maximum Gasteiger partial charge on any atom is 0.100 e. The van der Waals surface area contributed by atoms with Gasteiger partial charge in [-0.15, -0.1) is 0 Å². The van der Waals surface area contributed by atoms with Crippen molar-refractivity contribution >= 4 is 0 Å². The van der Waals surface area contributed by atoms with Crippen LogP contribution in [0.2, 0.25) is 0 Å². The van der Waals surface area contributed by atoms with Crippen LogP contribution in [0.5, 0.6) is 0 Å². The van der Waals surface area contributed by atoms with Crippen LogP contribution >= 0.6 is 0 Å². The van der Waals surface area contributed by atoms with E-state index < -0.39 is 0 Å². The fourth-order valence-electron chi connectivity index (χ4n) is 2.52. The molecule has 0 heterocycles. The third-order valence-corrected chi connectivity index (χ3v) is 3.55. The molecule has 0 fully saturated rings. The van der Waals surface area contributed by atoms with Gasteiger partial charge in [-0.1, -0.05) is 23.3 Å². The molecule has 0 saturated heterocycles. The Labute approximate surface area is 91.6 Å². The van der Waals surface area contributed by atoms with Crippen molar-refractivity contribution in [3.05, 3.63) is 35.2 Å². The van der Waals surface area contributed by atoms with E-state index in [0.29, 0.717) is 12.3 Å². The van der Waals surface area contributed by atoms with Gasteiger partial charge in [-0.3, -0.25) is 0 Å². The molecule has 1 heteroatoms. The van der Waals surface area contributed by atoms with Crippen LogP contribution in [-0.4, -0.2) is 0 Å². The molecule has 0 aliphatic heterocycles. The van der Waals surface area contributed by atoms with Crippen LogP contribution in [0.3, 0.4) is 0 Å². The lowest BCUT2D eigenvalue weighted by molar-refractivity contribution is 0.497.